The molecule has 1 aliphatic rings. The number of benzene rings is 1. The quantitative estimate of drug-likeness (QED) is 0.687. The third kappa shape index (κ3) is 3.03. The van der Waals surface area contributed by atoms with Crippen molar-refractivity contribution >= 4 is 16.9 Å². The average molecular weight is 373 g/mol. The van der Waals surface area contributed by atoms with Gasteiger partial charge in [-0.05, 0) is 43.9 Å². The molecule has 4 rings (SSSR count). The first-order valence-corrected chi connectivity index (χ1v) is 9.58. The van der Waals surface area contributed by atoms with E-state index in [1.807, 2.05) is 24.1 Å². The van der Waals surface area contributed by atoms with Crippen LogP contribution >= 0.6 is 0 Å². The van der Waals surface area contributed by atoms with Crippen molar-refractivity contribution < 1.29 is 4.79 Å². The van der Waals surface area contributed by atoms with E-state index >= 15 is 0 Å². The van der Waals surface area contributed by atoms with Crippen molar-refractivity contribution in [3.63, 3.8) is 0 Å². The number of carbonyl (C=O) groups excluding carboxylic acids is 1. The second kappa shape index (κ2) is 7.08. The Morgan fingerprint density at radius 1 is 1.21 bits per heavy atom. The number of piperidine rings is 1. The summed E-state index contributed by atoms with van der Waals surface area (Å²) >= 11 is 0. The minimum absolute atomic E-state index is 0.00993. The average Bonchev–Trinajstić information content (AvgIpc) is 3.08. The van der Waals surface area contributed by atoms with Crippen molar-refractivity contribution in [2.75, 3.05) is 13.1 Å². The van der Waals surface area contributed by atoms with Crippen LogP contribution in [0.25, 0.3) is 22.3 Å². The molecule has 1 aromatic carbocycles. The third-order valence-corrected chi connectivity index (χ3v) is 5.64. The maximum absolute atomic E-state index is 13.3. The molecule has 2 aromatic heterocycles. The zero-order valence-electron chi connectivity index (χ0n) is 16.4. The van der Waals surface area contributed by atoms with Crippen LogP contribution in [-0.2, 0) is 7.05 Å². The number of pyridine rings is 1. The Morgan fingerprint density at radius 3 is 2.54 bits per heavy atom. The molecule has 1 saturated heterocycles. The molecular weight excluding hydrogens is 350 g/mol. The lowest BCUT2D eigenvalue weighted by Gasteiger charge is -2.29. The van der Waals surface area contributed by atoms with Crippen LogP contribution < -0.4 is 0 Å². The first kappa shape index (κ1) is 18.2. The Hall–Kier alpha value is -3.20. The van der Waals surface area contributed by atoms with Gasteiger partial charge in [-0.15, -0.1) is 0 Å². The monoisotopic (exact) mass is 373 g/mol. The molecule has 142 valence electrons. The Balaban J connectivity index is 1.82. The van der Waals surface area contributed by atoms with E-state index in [0.29, 0.717) is 24.3 Å². The summed E-state index contributed by atoms with van der Waals surface area (Å²) in [4.78, 5) is 20.0. The maximum atomic E-state index is 13.3. The van der Waals surface area contributed by atoms with Crippen molar-refractivity contribution in [2.45, 2.75) is 26.7 Å². The number of hydrogen-bond acceptors (Lipinski definition) is 4. The van der Waals surface area contributed by atoms with Crippen molar-refractivity contribution in [2.24, 2.45) is 13.0 Å². The number of nitriles is 1. The number of fused-ring (bicyclic) bond motifs is 1. The van der Waals surface area contributed by atoms with Gasteiger partial charge in [0.05, 0.1) is 28.9 Å². The van der Waals surface area contributed by atoms with Gasteiger partial charge in [-0.1, -0.05) is 18.2 Å². The van der Waals surface area contributed by atoms with Gasteiger partial charge in [-0.25, -0.2) is 4.98 Å². The van der Waals surface area contributed by atoms with E-state index < -0.39 is 0 Å². The zero-order valence-corrected chi connectivity index (χ0v) is 16.4. The molecule has 0 unspecified atom stereocenters. The lowest BCUT2D eigenvalue weighted by Crippen LogP contribution is -2.38. The van der Waals surface area contributed by atoms with E-state index in [0.717, 1.165) is 40.6 Å². The smallest absolute Gasteiger partial charge is 0.254 e. The van der Waals surface area contributed by atoms with E-state index in [2.05, 4.69) is 37.1 Å². The first-order chi connectivity index (χ1) is 13.5. The predicted molar refractivity (Wildman–Crippen MR) is 108 cm³/mol. The molecule has 0 aliphatic carbocycles. The lowest BCUT2D eigenvalue weighted by molar-refractivity contribution is 0.0709. The molecule has 0 N–H and O–H groups in total. The Bertz CT molecular complexity index is 1080. The highest BCUT2D eigenvalue weighted by Crippen LogP contribution is 2.30. The first-order valence-electron chi connectivity index (χ1n) is 9.58. The van der Waals surface area contributed by atoms with E-state index in [-0.39, 0.29) is 11.8 Å². The van der Waals surface area contributed by atoms with Gasteiger partial charge in [-0.2, -0.15) is 10.4 Å². The fraction of sp³-hybridized carbons (Fsp3) is 0.364. The number of aryl methyl sites for hydroxylation is 3. The summed E-state index contributed by atoms with van der Waals surface area (Å²) in [5, 5.41) is 14.2. The van der Waals surface area contributed by atoms with Gasteiger partial charge in [-0.3, -0.25) is 9.48 Å². The summed E-state index contributed by atoms with van der Waals surface area (Å²) in [5.74, 6) is 0.0364. The highest BCUT2D eigenvalue weighted by Gasteiger charge is 2.26. The van der Waals surface area contributed by atoms with Gasteiger partial charge in [0.2, 0.25) is 0 Å². The number of aromatic nitrogens is 3. The van der Waals surface area contributed by atoms with E-state index in [1.54, 1.807) is 10.9 Å². The van der Waals surface area contributed by atoms with Crippen LogP contribution in [0.2, 0.25) is 0 Å². The molecule has 0 radical (unpaired) electrons. The maximum Gasteiger partial charge on any atom is 0.254 e. The Labute approximate surface area is 164 Å². The van der Waals surface area contributed by atoms with Gasteiger partial charge in [0.25, 0.3) is 5.91 Å². The molecule has 3 aromatic rings. The molecule has 6 nitrogen and oxygen atoms in total. The van der Waals surface area contributed by atoms with Gasteiger partial charge in [0, 0.05) is 31.6 Å². The van der Waals surface area contributed by atoms with Crippen molar-refractivity contribution in [1.29, 1.82) is 5.26 Å². The van der Waals surface area contributed by atoms with Crippen molar-refractivity contribution in [3.8, 4) is 17.3 Å². The van der Waals surface area contributed by atoms with E-state index in [4.69, 9.17) is 10.2 Å². The molecule has 0 spiro atoms. The minimum Gasteiger partial charge on any atom is -0.339 e. The second-order valence-electron chi connectivity index (χ2n) is 7.52. The van der Waals surface area contributed by atoms with Gasteiger partial charge >= 0.3 is 0 Å². The Morgan fingerprint density at radius 2 is 1.89 bits per heavy atom. The van der Waals surface area contributed by atoms with Gasteiger partial charge in [0.1, 0.15) is 0 Å². The second-order valence-corrected chi connectivity index (χ2v) is 7.52. The van der Waals surface area contributed by atoms with Crippen LogP contribution in [0.3, 0.4) is 0 Å². The summed E-state index contributed by atoms with van der Waals surface area (Å²) in [5.41, 5.74) is 5.44. The van der Waals surface area contributed by atoms with E-state index in [1.165, 1.54) is 0 Å². The number of nitrogens with zero attached hydrogens (tertiary/aromatic N) is 5. The fourth-order valence-electron chi connectivity index (χ4n) is 4.02. The van der Waals surface area contributed by atoms with Gasteiger partial charge < -0.3 is 4.90 Å². The summed E-state index contributed by atoms with van der Waals surface area (Å²) in [6, 6.07) is 10.4. The molecule has 6 heteroatoms. The molecule has 0 atom stereocenters. The molecule has 28 heavy (non-hydrogen) atoms. The SMILES string of the molecule is Cc1cccc(C)c1-c1cc(C(=O)N2CCC(C#N)CC2)c2cnn(C)c2n1. The summed E-state index contributed by atoms with van der Waals surface area (Å²) in [6.07, 6.45) is 3.17. The minimum atomic E-state index is -0.00993. The topological polar surface area (TPSA) is 74.8 Å². The molecule has 0 saturated carbocycles. The largest absolute Gasteiger partial charge is 0.339 e. The molecule has 1 fully saturated rings. The standard InChI is InChI=1S/C22H23N5O/c1-14-5-4-6-15(2)20(14)19-11-17(18-13-24-26(3)21(18)25-19)22(28)27-9-7-16(12-23)8-10-27/h4-6,11,13,16H,7-10H2,1-3H3. The van der Waals surface area contributed by atoms with E-state index in [9.17, 15) is 4.79 Å². The number of carbonyl (C=O) groups is 1. The predicted octanol–water partition coefficient (Wildman–Crippen LogP) is 3.63. The van der Waals surface area contributed by atoms with Crippen LogP contribution in [0.15, 0.2) is 30.5 Å². The number of likely N-dealkylation sites (tertiary alicyclic amines) is 1. The van der Waals surface area contributed by atoms with Crippen LogP contribution in [0.1, 0.15) is 34.3 Å². The summed E-state index contributed by atoms with van der Waals surface area (Å²) in [6.45, 7) is 5.34. The number of amides is 1. The van der Waals surface area contributed by atoms with Crippen LogP contribution in [0.5, 0.6) is 0 Å². The normalized spacial score (nSPS) is 15.0. The van der Waals surface area contributed by atoms with Crippen LogP contribution in [0.4, 0.5) is 0 Å². The highest BCUT2D eigenvalue weighted by atomic mass is 16.2. The van der Waals surface area contributed by atoms with Crippen LogP contribution in [-0.4, -0.2) is 38.7 Å². The molecular formula is C22H23N5O. The number of hydrogen-bond donors (Lipinski definition) is 0. The van der Waals surface area contributed by atoms with Gasteiger partial charge in [0.15, 0.2) is 5.65 Å². The summed E-state index contributed by atoms with van der Waals surface area (Å²) in [7, 11) is 1.84. The lowest BCUT2D eigenvalue weighted by atomic mass is 9.96. The zero-order chi connectivity index (χ0) is 19.8. The molecule has 0 bridgehead atoms. The molecule has 3 heterocycles. The van der Waals surface area contributed by atoms with Crippen molar-refractivity contribution in [3.05, 3.63) is 47.2 Å². The van der Waals surface area contributed by atoms with Crippen molar-refractivity contribution in [1.82, 2.24) is 19.7 Å². The highest BCUT2D eigenvalue weighted by molar-refractivity contribution is 6.06. The number of rotatable bonds is 2. The third-order valence-electron chi connectivity index (χ3n) is 5.64. The Kier molecular flexibility index (Phi) is 4.60. The fourth-order valence-corrected chi connectivity index (χ4v) is 4.02. The summed E-state index contributed by atoms with van der Waals surface area (Å²) < 4.78 is 1.71. The molecule has 1 aliphatic heterocycles. The van der Waals surface area contributed by atoms with Crippen LogP contribution in [0, 0.1) is 31.1 Å². The molecule has 1 amide bonds.